The van der Waals surface area contributed by atoms with Crippen molar-refractivity contribution in [2.75, 3.05) is 18.6 Å². The number of aromatic carboxylic acids is 1. The fourth-order valence-electron chi connectivity index (χ4n) is 1.48. The number of hydrogen-bond donors (Lipinski definition) is 2. The fourth-order valence-corrected chi connectivity index (χ4v) is 2.83. The maximum atomic E-state index is 11.0. The second-order valence-corrected chi connectivity index (χ2v) is 5.57. The van der Waals surface area contributed by atoms with Crippen molar-refractivity contribution >= 4 is 23.4 Å². The first-order valence-electron chi connectivity index (χ1n) is 5.79. The van der Waals surface area contributed by atoms with Gasteiger partial charge in [-0.1, -0.05) is 13.8 Å². The van der Waals surface area contributed by atoms with Gasteiger partial charge in [-0.05, 0) is 30.2 Å². The monoisotopic (exact) mass is 269 g/mol. The number of ether oxygens (including phenoxy) is 1. The van der Waals surface area contributed by atoms with Crippen LogP contribution in [0.2, 0.25) is 0 Å². The van der Waals surface area contributed by atoms with E-state index in [1.54, 1.807) is 24.9 Å². The Bertz CT molecular complexity index is 432. The first-order chi connectivity index (χ1) is 8.45. The first kappa shape index (κ1) is 14.7. The summed E-state index contributed by atoms with van der Waals surface area (Å²) >= 11 is 1.58. The second kappa shape index (κ2) is 6.54. The number of methoxy groups -OCH3 is 1. The number of carboxylic acid groups (broad SMARTS) is 1. The Labute approximate surface area is 112 Å². The van der Waals surface area contributed by atoms with E-state index < -0.39 is 5.97 Å². The van der Waals surface area contributed by atoms with Gasteiger partial charge in [-0.3, -0.25) is 0 Å². The average Bonchev–Trinajstić information content (AvgIpc) is 2.27. The van der Waals surface area contributed by atoms with Gasteiger partial charge in [0.2, 0.25) is 0 Å². The predicted molar refractivity (Wildman–Crippen MR) is 74.5 cm³/mol. The van der Waals surface area contributed by atoms with Crippen LogP contribution in [0.4, 0.5) is 5.69 Å². The van der Waals surface area contributed by atoms with Crippen LogP contribution in [0.5, 0.6) is 5.75 Å². The van der Waals surface area contributed by atoms with Crippen LogP contribution in [0.3, 0.4) is 0 Å². The van der Waals surface area contributed by atoms with Gasteiger partial charge in [0.15, 0.2) is 5.75 Å². The zero-order chi connectivity index (χ0) is 13.7. The van der Waals surface area contributed by atoms with Gasteiger partial charge >= 0.3 is 5.97 Å². The van der Waals surface area contributed by atoms with E-state index in [9.17, 15) is 4.79 Å². The summed E-state index contributed by atoms with van der Waals surface area (Å²) in [6, 6.07) is 3.04. The van der Waals surface area contributed by atoms with Gasteiger partial charge in [-0.15, -0.1) is 11.8 Å². The smallest absolute Gasteiger partial charge is 0.335 e. The molecule has 0 amide bonds. The van der Waals surface area contributed by atoms with Gasteiger partial charge in [0.25, 0.3) is 0 Å². The summed E-state index contributed by atoms with van der Waals surface area (Å²) in [7, 11) is 1.54. The molecule has 3 N–H and O–H groups in total. The minimum Gasteiger partial charge on any atom is -0.493 e. The Morgan fingerprint density at radius 1 is 1.50 bits per heavy atom. The molecule has 0 spiro atoms. The van der Waals surface area contributed by atoms with Gasteiger partial charge < -0.3 is 15.6 Å². The third-order valence-corrected chi connectivity index (χ3v) is 3.54. The molecular weight excluding hydrogens is 250 g/mol. The lowest BCUT2D eigenvalue weighted by molar-refractivity contribution is 0.0696. The highest BCUT2D eigenvalue weighted by Crippen LogP contribution is 2.36. The van der Waals surface area contributed by atoms with E-state index >= 15 is 0 Å². The van der Waals surface area contributed by atoms with Crippen LogP contribution in [0, 0.1) is 5.92 Å². The van der Waals surface area contributed by atoms with Crippen LogP contribution in [-0.4, -0.2) is 23.9 Å². The lowest BCUT2D eigenvalue weighted by Crippen LogP contribution is -2.02. The maximum absolute atomic E-state index is 11.0. The molecular formula is C13H19NO3S. The van der Waals surface area contributed by atoms with Crippen LogP contribution in [-0.2, 0) is 0 Å². The minimum atomic E-state index is -0.977. The molecule has 0 radical (unpaired) electrons. The first-order valence-corrected chi connectivity index (χ1v) is 6.77. The van der Waals surface area contributed by atoms with E-state index in [1.165, 1.54) is 6.07 Å². The number of hydrogen-bond acceptors (Lipinski definition) is 4. The number of thioether (sulfide) groups is 1. The Hall–Kier alpha value is -1.36. The summed E-state index contributed by atoms with van der Waals surface area (Å²) in [4.78, 5) is 11.8. The van der Waals surface area contributed by atoms with Gasteiger partial charge in [0.05, 0.1) is 23.3 Å². The average molecular weight is 269 g/mol. The van der Waals surface area contributed by atoms with Crippen molar-refractivity contribution < 1.29 is 14.6 Å². The number of anilines is 1. The predicted octanol–water partition coefficient (Wildman–Crippen LogP) is 3.11. The van der Waals surface area contributed by atoms with Gasteiger partial charge in [0.1, 0.15) is 0 Å². The molecule has 0 aliphatic carbocycles. The normalized spacial score (nSPS) is 10.7. The van der Waals surface area contributed by atoms with Crippen LogP contribution in [0.15, 0.2) is 17.0 Å². The van der Waals surface area contributed by atoms with Crippen molar-refractivity contribution in [1.29, 1.82) is 0 Å². The van der Waals surface area contributed by atoms with Crippen LogP contribution in [0.1, 0.15) is 30.6 Å². The molecule has 18 heavy (non-hydrogen) atoms. The number of carbonyl (C=O) groups is 1. The molecule has 0 atom stereocenters. The second-order valence-electron chi connectivity index (χ2n) is 4.43. The molecule has 1 aromatic rings. The zero-order valence-electron chi connectivity index (χ0n) is 10.9. The minimum absolute atomic E-state index is 0.195. The Morgan fingerprint density at radius 3 is 2.67 bits per heavy atom. The largest absolute Gasteiger partial charge is 0.493 e. The lowest BCUT2D eigenvalue weighted by atomic mass is 10.2. The molecule has 0 saturated carbocycles. The highest BCUT2D eigenvalue weighted by atomic mass is 32.2. The summed E-state index contributed by atoms with van der Waals surface area (Å²) in [5.41, 5.74) is 6.36. The molecule has 100 valence electrons. The molecule has 0 aliphatic heterocycles. The van der Waals surface area contributed by atoms with Crippen molar-refractivity contribution in [1.82, 2.24) is 0 Å². The lowest BCUT2D eigenvalue weighted by Gasteiger charge is -2.12. The van der Waals surface area contributed by atoms with Gasteiger partial charge in [-0.25, -0.2) is 4.79 Å². The van der Waals surface area contributed by atoms with E-state index in [0.717, 1.165) is 17.1 Å². The topological polar surface area (TPSA) is 72.5 Å². The highest BCUT2D eigenvalue weighted by Gasteiger charge is 2.13. The van der Waals surface area contributed by atoms with Crippen molar-refractivity contribution in [3.05, 3.63) is 17.7 Å². The van der Waals surface area contributed by atoms with E-state index in [-0.39, 0.29) is 5.56 Å². The van der Waals surface area contributed by atoms with Crippen molar-refractivity contribution in [2.45, 2.75) is 25.2 Å². The molecule has 0 unspecified atom stereocenters. The fraction of sp³-hybridized carbons (Fsp3) is 0.462. The quantitative estimate of drug-likeness (QED) is 0.613. The van der Waals surface area contributed by atoms with Gasteiger partial charge in [-0.2, -0.15) is 0 Å². The molecule has 0 aliphatic rings. The standard InChI is InChI=1S/C13H19NO3S/c1-8(2)4-5-18-11-7-9(13(15)16)6-10(14)12(11)17-3/h6-8H,4-5,14H2,1-3H3,(H,15,16). The molecule has 0 fully saturated rings. The van der Waals surface area contributed by atoms with E-state index in [0.29, 0.717) is 17.4 Å². The summed E-state index contributed by atoms with van der Waals surface area (Å²) in [5, 5.41) is 9.01. The third kappa shape index (κ3) is 3.84. The number of carboxylic acids is 1. The summed E-state index contributed by atoms with van der Waals surface area (Å²) in [6.45, 7) is 4.31. The molecule has 1 aromatic carbocycles. The number of rotatable bonds is 6. The van der Waals surface area contributed by atoms with Crippen LogP contribution < -0.4 is 10.5 Å². The van der Waals surface area contributed by atoms with Crippen molar-refractivity contribution in [3.63, 3.8) is 0 Å². The molecule has 4 nitrogen and oxygen atoms in total. The highest BCUT2D eigenvalue weighted by molar-refractivity contribution is 7.99. The van der Waals surface area contributed by atoms with Crippen LogP contribution in [0.25, 0.3) is 0 Å². The molecule has 0 saturated heterocycles. The van der Waals surface area contributed by atoms with Crippen LogP contribution >= 0.6 is 11.8 Å². The summed E-state index contributed by atoms with van der Waals surface area (Å²) in [6.07, 6.45) is 1.06. The Kier molecular flexibility index (Phi) is 5.34. The zero-order valence-corrected chi connectivity index (χ0v) is 11.7. The number of nitrogen functional groups attached to an aromatic ring is 1. The Morgan fingerprint density at radius 2 is 2.17 bits per heavy atom. The van der Waals surface area contributed by atoms with Crippen molar-refractivity contribution in [2.24, 2.45) is 5.92 Å². The molecule has 1 rings (SSSR count). The van der Waals surface area contributed by atoms with E-state index in [1.807, 2.05) is 0 Å². The van der Waals surface area contributed by atoms with E-state index in [4.69, 9.17) is 15.6 Å². The maximum Gasteiger partial charge on any atom is 0.335 e. The SMILES string of the molecule is COc1c(N)cc(C(=O)O)cc1SCCC(C)C. The molecule has 0 aromatic heterocycles. The Balaban J connectivity index is 2.95. The third-order valence-electron chi connectivity index (χ3n) is 2.49. The van der Waals surface area contributed by atoms with Crippen molar-refractivity contribution in [3.8, 4) is 5.75 Å². The number of nitrogens with two attached hydrogens (primary N) is 1. The molecule has 5 heteroatoms. The summed E-state index contributed by atoms with van der Waals surface area (Å²) in [5.74, 6) is 1.11. The number of benzene rings is 1. The molecule has 0 bridgehead atoms. The summed E-state index contributed by atoms with van der Waals surface area (Å²) < 4.78 is 5.23. The molecule has 0 heterocycles. The van der Waals surface area contributed by atoms with Gasteiger partial charge in [0, 0.05) is 0 Å². The van der Waals surface area contributed by atoms with E-state index in [2.05, 4.69) is 13.8 Å².